The summed E-state index contributed by atoms with van der Waals surface area (Å²) in [6.45, 7) is 5.97. The van der Waals surface area contributed by atoms with Gasteiger partial charge in [0.05, 0.1) is 0 Å². The van der Waals surface area contributed by atoms with Crippen molar-refractivity contribution in [2.45, 2.75) is 39.3 Å². The van der Waals surface area contributed by atoms with Crippen LogP contribution in [0, 0.1) is 11.7 Å². The van der Waals surface area contributed by atoms with Crippen LogP contribution >= 0.6 is 0 Å². The first-order valence-electron chi connectivity index (χ1n) is 6.86. The maximum atomic E-state index is 13.9. The zero-order valence-electron chi connectivity index (χ0n) is 11.5. The molecule has 1 fully saturated rings. The number of hydrogen-bond donors (Lipinski definition) is 2. The van der Waals surface area contributed by atoms with Gasteiger partial charge in [-0.2, -0.15) is 0 Å². The van der Waals surface area contributed by atoms with Crippen LogP contribution in [0.5, 0.6) is 0 Å². The highest BCUT2D eigenvalue weighted by atomic mass is 19.1. The molecule has 5 heteroatoms. The Morgan fingerprint density at radius 3 is 2.68 bits per heavy atom. The van der Waals surface area contributed by atoms with E-state index in [0.29, 0.717) is 24.1 Å². The second-order valence-corrected chi connectivity index (χ2v) is 5.69. The third kappa shape index (κ3) is 3.56. The maximum absolute atomic E-state index is 13.9. The van der Waals surface area contributed by atoms with Crippen LogP contribution < -0.4 is 5.46 Å². The zero-order chi connectivity index (χ0) is 14.0. The number of benzene rings is 1. The van der Waals surface area contributed by atoms with Gasteiger partial charge in [0.25, 0.3) is 0 Å². The standard InChI is InChI=1S/C14H21BFNO2/c1-10-3-4-11(2)17(8-10)9-12-5-6-13(15(18)19)7-14(12)16/h5-7,10-11,18-19H,3-4,8-9H2,1-2H3. The van der Waals surface area contributed by atoms with Gasteiger partial charge in [-0.15, -0.1) is 0 Å². The second-order valence-electron chi connectivity index (χ2n) is 5.69. The number of rotatable bonds is 3. The van der Waals surface area contributed by atoms with E-state index in [9.17, 15) is 4.39 Å². The van der Waals surface area contributed by atoms with Gasteiger partial charge < -0.3 is 10.0 Å². The van der Waals surface area contributed by atoms with Crippen LogP contribution in [0.25, 0.3) is 0 Å². The highest BCUT2D eigenvalue weighted by molar-refractivity contribution is 6.58. The molecule has 0 spiro atoms. The quantitative estimate of drug-likeness (QED) is 0.805. The Bertz CT molecular complexity index is 441. The predicted octanol–water partition coefficient (Wildman–Crippen LogP) is 1.13. The van der Waals surface area contributed by atoms with Crippen LogP contribution in [-0.4, -0.2) is 34.7 Å². The van der Waals surface area contributed by atoms with Gasteiger partial charge in [0, 0.05) is 24.7 Å². The lowest BCUT2D eigenvalue weighted by atomic mass is 9.80. The molecule has 2 atom stereocenters. The van der Waals surface area contributed by atoms with Gasteiger partial charge in [-0.1, -0.05) is 19.1 Å². The minimum Gasteiger partial charge on any atom is -0.423 e. The van der Waals surface area contributed by atoms with Gasteiger partial charge in [0.1, 0.15) is 5.82 Å². The lowest BCUT2D eigenvalue weighted by Crippen LogP contribution is -2.40. The molecule has 0 aromatic heterocycles. The maximum Gasteiger partial charge on any atom is 0.488 e. The van der Waals surface area contributed by atoms with E-state index in [1.54, 1.807) is 12.1 Å². The van der Waals surface area contributed by atoms with Crippen molar-refractivity contribution >= 4 is 12.6 Å². The lowest BCUT2D eigenvalue weighted by molar-refractivity contribution is 0.116. The Morgan fingerprint density at radius 2 is 2.05 bits per heavy atom. The lowest BCUT2D eigenvalue weighted by Gasteiger charge is -2.36. The summed E-state index contributed by atoms with van der Waals surface area (Å²) in [5, 5.41) is 18.0. The molecular formula is C14H21BFNO2. The molecule has 0 bridgehead atoms. The molecule has 0 radical (unpaired) electrons. The summed E-state index contributed by atoms with van der Waals surface area (Å²) in [6, 6.07) is 4.90. The molecule has 104 valence electrons. The van der Waals surface area contributed by atoms with E-state index in [4.69, 9.17) is 10.0 Å². The normalized spacial score (nSPS) is 24.5. The van der Waals surface area contributed by atoms with Gasteiger partial charge in [-0.3, -0.25) is 4.90 Å². The molecular weight excluding hydrogens is 244 g/mol. The molecule has 1 heterocycles. The van der Waals surface area contributed by atoms with Crippen LogP contribution in [-0.2, 0) is 6.54 Å². The van der Waals surface area contributed by atoms with Crippen LogP contribution in [0.2, 0.25) is 0 Å². The molecule has 0 saturated carbocycles. The van der Waals surface area contributed by atoms with Crippen molar-refractivity contribution in [1.82, 2.24) is 4.90 Å². The Balaban J connectivity index is 2.10. The summed E-state index contributed by atoms with van der Waals surface area (Å²) in [4.78, 5) is 2.29. The molecule has 1 aliphatic rings. The second kappa shape index (κ2) is 6.03. The molecule has 3 nitrogen and oxygen atoms in total. The van der Waals surface area contributed by atoms with Crippen LogP contribution in [0.3, 0.4) is 0 Å². The van der Waals surface area contributed by atoms with Crippen molar-refractivity contribution in [2.75, 3.05) is 6.54 Å². The minimum absolute atomic E-state index is 0.196. The molecule has 1 aromatic carbocycles. The number of hydrogen-bond acceptors (Lipinski definition) is 3. The summed E-state index contributed by atoms with van der Waals surface area (Å²) >= 11 is 0. The van der Waals surface area contributed by atoms with Gasteiger partial charge in [-0.25, -0.2) is 4.39 Å². The SMILES string of the molecule is CC1CCC(C)N(Cc2ccc(B(O)O)cc2F)C1. The monoisotopic (exact) mass is 265 g/mol. The van der Waals surface area contributed by atoms with Crippen molar-refractivity contribution in [1.29, 1.82) is 0 Å². The van der Waals surface area contributed by atoms with E-state index in [0.717, 1.165) is 13.0 Å². The fourth-order valence-corrected chi connectivity index (χ4v) is 2.67. The highest BCUT2D eigenvalue weighted by Crippen LogP contribution is 2.23. The van der Waals surface area contributed by atoms with E-state index in [1.807, 2.05) is 0 Å². The largest absolute Gasteiger partial charge is 0.488 e. The topological polar surface area (TPSA) is 43.7 Å². The van der Waals surface area contributed by atoms with Crippen molar-refractivity contribution in [3.05, 3.63) is 29.6 Å². The number of likely N-dealkylation sites (tertiary alicyclic amines) is 1. The Kier molecular flexibility index (Phi) is 4.60. The Morgan fingerprint density at radius 1 is 1.32 bits per heavy atom. The summed E-state index contributed by atoms with van der Waals surface area (Å²) in [5.41, 5.74) is 0.812. The molecule has 1 aromatic rings. The summed E-state index contributed by atoms with van der Waals surface area (Å²) < 4.78 is 13.9. The third-order valence-electron chi connectivity index (χ3n) is 4.00. The first-order chi connectivity index (χ1) is 8.97. The molecule has 1 saturated heterocycles. The van der Waals surface area contributed by atoms with Gasteiger partial charge in [0.2, 0.25) is 0 Å². The zero-order valence-corrected chi connectivity index (χ0v) is 11.5. The molecule has 19 heavy (non-hydrogen) atoms. The third-order valence-corrected chi connectivity index (χ3v) is 4.00. The van der Waals surface area contributed by atoms with Crippen molar-refractivity contribution < 1.29 is 14.4 Å². The smallest absolute Gasteiger partial charge is 0.423 e. The number of piperidine rings is 1. The van der Waals surface area contributed by atoms with Crippen molar-refractivity contribution in [3.63, 3.8) is 0 Å². The summed E-state index contributed by atoms with van der Waals surface area (Å²) in [7, 11) is -1.61. The van der Waals surface area contributed by atoms with Crippen LogP contribution in [0.1, 0.15) is 32.3 Å². The predicted molar refractivity (Wildman–Crippen MR) is 74.5 cm³/mol. The molecule has 0 amide bonds. The van der Waals surface area contributed by atoms with Gasteiger partial charge in [0.15, 0.2) is 0 Å². The molecule has 2 unspecified atom stereocenters. The van der Waals surface area contributed by atoms with E-state index in [1.165, 1.54) is 12.5 Å². The van der Waals surface area contributed by atoms with Gasteiger partial charge >= 0.3 is 7.12 Å². The highest BCUT2D eigenvalue weighted by Gasteiger charge is 2.24. The number of nitrogens with zero attached hydrogens (tertiary/aromatic N) is 1. The van der Waals surface area contributed by atoms with E-state index >= 15 is 0 Å². The first kappa shape index (κ1) is 14.5. The van der Waals surface area contributed by atoms with E-state index < -0.39 is 7.12 Å². The van der Waals surface area contributed by atoms with Crippen molar-refractivity contribution in [3.8, 4) is 0 Å². The fourth-order valence-electron chi connectivity index (χ4n) is 2.67. The van der Waals surface area contributed by atoms with Crippen LogP contribution in [0.4, 0.5) is 4.39 Å². The molecule has 2 rings (SSSR count). The first-order valence-corrected chi connectivity index (χ1v) is 6.86. The van der Waals surface area contributed by atoms with Crippen molar-refractivity contribution in [2.24, 2.45) is 5.92 Å². The van der Waals surface area contributed by atoms with E-state index in [-0.39, 0.29) is 11.3 Å². The molecule has 1 aliphatic heterocycles. The van der Waals surface area contributed by atoms with Gasteiger partial charge in [-0.05, 0) is 37.2 Å². The van der Waals surface area contributed by atoms with E-state index in [2.05, 4.69) is 18.7 Å². The summed E-state index contributed by atoms with van der Waals surface area (Å²) in [6.07, 6.45) is 2.38. The Hall–Kier alpha value is -0.905. The Labute approximate surface area is 114 Å². The average Bonchev–Trinajstić information content (AvgIpc) is 2.36. The average molecular weight is 265 g/mol. The molecule has 2 N–H and O–H groups in total. The molecule has 0 aliphatic carbocycles. The number of halogens is 1. The van der Waals surface area contributed by atoms with Crippen LogP contribution in [0.15, 0.2) is 18.2 Å². The minimum atomic E-state index is -1.61. The fraction of sp³-hybridized carbons (Fsp3) is 0.571. The summed E-state index contributed by atoms with van der Waals surface area (Å²) in [5.74, 6) is 0.286.